The van der Waals surface area contributed by atoms with Gasteiger partial charge in [0, 0.05) is 16.8 Å². The second kappa shape index (κ2) is 5.48. The molecule has 2 unspecified atom stereocenters. The van der Waals surface area contributed by atoms with E-state index in [2.05, 4.69) is 55.0 Å². The van der Waals surface area contributed by atoms with Crippen LogP contribution in [0.25, 0.3) is 0 Å². The molecule has 2 heteroatoms. The van der Waals surface area contributed by atoms with Crippen LogP contribution in [-0.2, 0) is 6.42 Å². The fourth-order valence-electron chi connectivity index (χ4n) is 3.43. The Morgan fingerprint density at radius 2 is 2.11 bits per heavy atom. The highest BCUT2D eigenvalue weighted by Gasteiger charge is 2.28. The van der Waals surface area contributed by atoms with Gasteiger partial charge in [0.05, 0.1) is 0 Å². The SMILES string of the molecule is CNC(c1ccsc1C)C1CCCc2ccccc21. The molecule has 1 aliphatic rings. The average molecular weight is 271 g/mol. The Morgan fingerprint density at radius 1 is 1.26 bits per heavy atom. The molecule has 0 saturated heterocycles. The quantitative estimate of drug-likeness (QED) is 0.870. The minimum atomic E-state index is 0.452. The molecule has 1 heterocycles. The maximum Gasteiger partial charge on any atom is 0.0398 e. The fourth-order valence-corrected chi connectivity index (χ4v) is 4.18. The largest absolute Gasteiger partial charge is 0.312 e. The van der Waals surface area contributed by atoms with E-state index in [1.165, 1.54) is 29.7 Å². The van der Waals surface area contributed by atoms with Crippen LogP contribution >= 0.6 is 11.3 Å². The smallest absolute Gasteiger partial charge is 0.0398 e. The van der Waals surface area contributed by atoms with Crippen molar-refractivity contribution in [1.29, 1.82) is 0 Å². The van der Waals surface area contributed by atoms with E-state index in [0.29, 0.717) is 12.0 Å². The van der Waals surface area contributed by atoms with Crippen LogP contribution in [0.2, 0.25) is 0 Å². The van der Waals surface area contributed by atoms with Gasteiger partial charge in [-0.05, 0) is 61.4 Å². The van der Waals surface area contributed by atoms with Crippen LogP contribution in [0.5, 0.6) is 0 Å². The first-order valence-electron chi connectivity index (χ1n) is 7.10. The molecule has 1 N–H and O–H groups in total. The lowest BCUT2D eigenvalue weighted by Crippen LogP contribution is -2.26. The first kappa shape index (κ1) is 12.9. The molecule has 2 aromatic rings. The molecule has 3 rings (SSSR count). The molecular weight excluding hydrogens is 250 g/mol. The molecule has 2 atom stereocenters. The lowest BCUT2D eigenvalue weighted by Gasteiger charge is -2.32. The summed E-state index contributed by atoms with van der Waals surface area (Å²) in [7, 11) is 2.10. The summed E-state index contributed by atoms with van der Waals surface area (Å²) < 4.78 is 0. The molecule has 0 bridgehead atoms. The van der Waals surface area contributed by atoms with Crippen molar-refractivity contribution in [1.82, 2.24) is 5.32 Å². The van der Waals surface area contributed by atoms with Gasteiger partial charge in [0.15, 0.2) is 0 Å². The van der Waals surface area contributed by atoms with Crippen LogP contribution in [0.15, 0.2) is 35.7 Å². The minimum Gasteiger partial charge on any atom is -0.312 e. The normalized spacial score (nSPS) is 20.0. The Bertz CT molecular complexity index is 558. The molecule has 0 aliphatic heterocycles. The molecule has 100 valence electrons. The fraction of sp³-hybridized carbons (Fsp3) is 0.412. The van der Waals surface area contributed by atoms with Gasteiger partial charge in [-0.25, -0.2) is 0 Å². The van der Waals surface area contributed by atoms with Crippen molar-refractivity contribution in [3.05, 3.63) is 57.3 Å². The van der Waals surface area contributed by atoms with Crippen LogP contribution in [0.1, 0.15) is 46.4 Å². The molecule has 0 radical (unpaired) electrons. The first-order chi connectivity index (χ1) is 9.31. The standard InChI is InChI=1S/C17H21NS/c1-12-14(10-11-19-12)17(18-2)16-9-5-7-13-6-3-4-8-15(13)16/h3-4,6,8,10-11,16-18H,5,7,9H2,1-2H3. The van der Waals surface area contributed by atoms with Crippen molar-refractivity contribution >= 4 is 11.3 Å². The Hall–Kier alpha value is -1.12. The summed E-state index contributed by atoms with van der Waals surface area (Å²) in [6.45, 7) is 2.24. The van der Waals surface area contributed by atoms with Gasteiger partial charge >= 0.3 is 0 Å². The molecule has 0 saturated carbocycles. The molecular formula is C17H21NS. The van der Waals surface area contributed by atoms with Crippen molar-refractivity contribution in [2.75, 3.05) is 7.05 Å². The van der Waals surface area contributed by atoms with Gasteiger partial charge in [0.25, 0.3) is 0 Å². The Labute approximate surface area is 119 Å². The third-order valence-corrected chi connectivity index (χ3v) is 5.22. The summed E-state index contributed by atoms with van der Waals surface area (Å²) in [5.74, 6) is 0.614. The maximum atomic E-state index is 3.56. The van der Waals surface area contributed by atoms with Crippen molar-refractivity contribution in [3.63, 3.8) is 0 Å². The van der Waals surface area contributed by atoms with Crippen molar-refractivity contribution < 1.29 is 0 Å². The summed E-state index contributed by atoms with van der Waals surface area (Å²) >= 11 is 1.85. The summed E-state index contributed by atoms with van der Waals surface area (Å²) in [5.41, 5.74) is 4.58. The average Bonchev–Trinajstić information content (AvgIpc) is 2.86. The Kier molecular flexibility index (Phi) is 3.72. The number of aryl methyl sites for hydroxylation is 2. The topological polar surface area (TPSA) is 12.0 Å². The molecule has 0 amide bonds. The van der Waals surface area contributed by atoms with Gasteiger partial charge in [-0.2, -0.15) is 0 Å². The van der Waals surface area contributed by atoms with Crippen LogP contribution < -0.4 is 5.32 Å². The Morgan fingerprint density at radius 3 is 2.84 bits per heavy atom. The zero-order valence-electron chi connectivity index (χ0n) is 11.6. The number of thiophene rings is 1. The van der Waals surface area contributed by atoms with Gasteiger partial charge in [0.1, 0.15) is 0 Å². The highest BCUT2D eigenvalue weighted by Crippen LogP contribution is 2.41. The minimum absolute atomic E-state index is 0.452. The number of likely N-dealkylation sites (N-methyl/N-ethyl adjacent to an activating group) is 1. The van der Waals surface area contributed by atoms with E-state index >= 15 is 0 Å². The summed E-state index contributed by atoms with van der Waals surface area (Å²) in [4.78, 5) is 1.45. The van der Waals surface area contributed by atoms with E-state index in [1.807, 2.05) is 11.3 Å². The number of nitrogens with one attached hydrogen (secondary N) is 1. The Balaban J connectivity index is 2.00. The summed E-state index contributed by atoms with van der Waals surface area (Å²) in [5, 5.41) is 5.77. The molecule has 1 aromatic carbocycles. The van der Waals surface area contributed by atoms with E-state index in [0.717, 1.165) is 0 Å². The summed E-state index contributed by atoms with van der Waals surface area (Å²) in [6, 6.07) is 11.7. The van der Waals surface area contributed by atoms with E-state index in [-0.39, 0.29) is 0 Å². The van der Waals surface area contributed by atoms with Crippen molar-refractivity contribution in [3.8, 4) is 0 Å². The van der Waals surface area contributed by atoms with E-state index < -0.39 is 0 Å². The van der Waals surface area contributed by atoms with Crippen LogP contribution in [0.4, 0.5) is 0 Å². The highest BCUT2D eigenvalue weighted by molar-refractivity contribution is 7.10. The predicted octanol–water partition coefficient (Wildman–Crippen LogP) is 4.44. The second-order valence-corrected chi connectivity index (χ2v) is 6.52. The molecule has 1 aromatic heterocycles. The third-order valence-electron chi connectivity index (χ3n) is 4.36. The first-order valence-corrected chi connectivity index (χ1v) is 7.98. The van der Waals surface area contributed by atoms with Gasteiger partial charge in [0.2, 0.25) is 0 Å². The monoisotopic (exact) mass is 271 g/mol. The van der Waals surface area contributed by atoms with Crippen LogP contribution in [0.3, 0.4) is 0 Å². The van der Waals surface area contributed by atoms with E-state index in [9.17, 15) is 0 Å². The number of fused-ring (bicyclic) bond motifs is 1. The van der Waals surface area contributed by atoms with Crippen molar-refractivity contribution in [2.45, 2.75) is 38.1 Å². The molecule has 0 fully saturated rings. The second-order valence-electron chi connectivity index (χ2n) is 5.40. The maximum absolute atomic E-state index is 3.56. The molecule has 19 heavy (non-hydrogen) atoms. The lowest BCUT2D eigenvalue weighted by molar-refractivity contribution is 0.425. The van der Waals surface area contributed by atoms with Crippen LogP contribution in [0, 0.1) is 6.92 Å². The predicted molar refractivity (Wildman–Crippen MR) is 83.0 cm³/mol. The zero-order chi connectivity index (χ0) is 13.2. The number of rotatable bonds is 3. The number of benzene rings is 1. The van der Waals surface area contributed by atoms with Gasteiger partial charge in [-0.15, -0.1) is 11.3 Å². The number of hydrogen-bond donors (Lipinski definition) is 1. The van der Waals surface area contributed by atoms with Gasteiger partial charge < -0.3 is 5.32 Å². The highest BCUT2D eigenvalue weighted by atomic mass is 32.1. The lowest BCUT2D eigenvalue weighted by atomic mass is 9.77. The zero-order valence-corrected chi connectivity index (χ0v) is 12.5. The number of hydrogen-bond acceptors (Lipinski definition) is 2. The molecule has 0 spiro atoms. The van der Waals surface area contributed by atoms with Gasteiger partial charge in [-0.3, -0.25) is 0 Å². The molecule has 1 aliphatic carbocycles. The molecule has 1 nitrogen and oxygen atoms in total. The van der Waals surface area contributed by atoms with E-state index in [4.69, 9.17) is 0 Å². The van der Waals surface area contributed by atoms with E-state index in [1.54, 1.807) is 11.1 Å². The van der Waals surface area contributed by atoms with Gasteiger partial charge in [-0.1, -0.05) is 24.3 Å². The third kappa shape index (κ3) is 2.35. The summed E-state index contributed by atoms with van der Waals surface area (Å²) in [6.07, 6.45) is 3.84. The van der Waals surface area contributed by atoms with Crippen molar-refractivity contribution in [2.24, 2.45) is 0 Å². The van der Waals surface area contributed by atoms with Crippen LogP contribution in [-0.4, -0.2) is 7.05 Å².